The van der Waals surface area contributed by atoms with E-state index in [0.717, 1.165) is 23.5 Å². The van der Waals surface area contributed by atoms with Crippen LogP contribution in [0.2, 0.25) is 5.02 Å². The van der Waals surface area contributed by atoms with E-state index in [0.29, 0.717) is 10.6 Å². The first-order valence-electron chi connectivity index (χ1n) is 6.77. The highest BCUT2D eigenvalue weighted by molar-refractivity contribution is 7.98. The van der Waals surface area contributed by atoms with Crippen LogP contribution >= 0.6 is 23.4 Å². The van der Waals surface area contributed by atoms with E-state index >= 15 is 0 Å². The van der Waals surface area contributed by atoms with Crippen molar-refractivity contribution in [2.75, 3.05) is 6.26 Å². The van der Waals surface area contributed by atoms with E-state index in [4.69, 9.17) is 16.0 Å². The standard InChI is InChI=1S/C16H18ClNO2S/c1-11(5-6-12-4-3-9-20-12)18-16(19)14-10-13(21-2)7-8-15(14)17/h3-4,7-11H,5-6H2,1-2H3,(H,18,19). The first-order valence-corrected chi connectivity index (χ1v) is 8.37. The molecule has 1 heterocycles. The zero-order chi connectivity index (χ0) is 15.2. The lowest BCUT2D eigenvalue weighted by Gasteiger charge is -2.14. The van der Waals surface area contributed by atoms with Crippen LogP contribution in [0, 0.1) is 0 Å². The van der Waals surface area contributed by atoms with E-state index in [1.165, 1.54) is 0 Å². The monoisotopic (exact) mass is 323 g/mol. The number of benzene rings is 1. The summed E-state index contributed by atoms with van der Waals surface area (Å²) in [5.41, 5.74) is 0.522. The smallest absolute Gasteiger partial charge is 0.253 e. The minimum Gasteiger partial charge on any atom is -0.469 e. The predicted octanol–water partition coefficient (Wildman–Crippen LogP) is 4.41. The number of rotatable bonds is 6. The molecule has 0 fully saturated rings. The lowest BCUT2D eigenvalue weighted by Crippen LogP contribution is -2.33. The fourth-order valence-corrected chi connectivity index (χ4v) is 2.64. The van der Waals surface area contributed by atoms with Gasteiger partial charge in [-0.05, 0) is 49.9 Å². The van der Waals surface area contributed by atoms with Gasteiger partial charge >= 0.3 is 0 Å². The molecule has 21 heavy (non-hydrogen) atoms. The summed E-state index contributed by atoms with van der Waals surface area (Å²) in [5.74, 6) is 0.793. The topological polar surface area (TPSA) is 42.2 Å². The van der Waals surface area contributed by atoms with Crippen molar-refractivity contribution in [3.63, 3.8) is 0 Å². The van der Waals surface area contributed by atoms with Gasteiger partial charge in [-0.15, -0.1) is 11.8 Å². The van der Waals surface area contributed by atoms with Crippen molar-refractivity contribution < 1.29 is 9.21 Å². The van der Waals surface area contributed by atoms with Crippen LogP contribution in [0.3, 0.4) is 0 Å². The van der Waals surface area contributed by atoms with Gasteiger partial charge in [0, 0.05) is 17.4 Å². The normalized spacial score (nSPS) is 12.1. The minimum atomic E-state index is -0.136. The van der Waals surface area contributed by atoms with Crippen LogP contribution in [0.4, 0.5) is 0 Å². The third-order valence-corrected chi connectivity index (χ3v) is 4.25. The molecule has 0 saturated carbocycles. The SMILES string of the molecule is CSc1ccc(Cl)c(C(=O)NC(C)CCc2ccco2)c1. The van der Waals surface area contributed by atoms with Gasteiger partial charge in [-0.3, -0.25) is 4.79 Å². The minimum absolute atomic E-state index is 0.0524. The Morgan fingerprint density at radius 3 is 2.90 bits per heavy atom. The van der Waals surface area contributed by atoms with Gasteiger partial charge in [0.15, 0.2) is 0 Å². The largest absolute Gasteiger partial charge is 0.469 e. The maximum absolute atomic E-state index is 12.3. The number of carbonyl (C=O) groups excluding carboxylic acids is 1. The Morgan fingerprint density at radius 2 is 2.24 bits per heavy atom. The molecule has 1 unspecified atom stereocenters. The Balaban J connectivity index is 1.94. The molecule has 1 amide bonds. The fraction of sp³-hybridized carbons (Fsp3) is 0.312. The van der Waals surface area contributed by atoms with Gasteiger partial charge in [-0.2, -0.15) is 0 Å². The molecule has 2 aromatic rings. The second-order valence-corrected chi connectivity index (χ2v) is 6.13. The molecule has 3 nitrogen and oxygen atoms in total. The molecule has 1 N–H and O–H groups in total. The third kappa shape index (κ3) is 4.55. The summed E-state index contributed by atoms with van der Waals surface area (Å²) in [6.07, 6.45) is 5.25. The number of aryl methyl sites for hydroxylation is 1. The van der Waals surface area contributed by atoms with Crippen molar-refractivity contribution in [1.29, 1.82) is 0 Å². The molecule has 1 aromatic heterocycles. The summed E-state index contributed by atoms with van der Waals surface area (Å²) < 4.78 is 5.29. The number of halogens is 1. The van der Waals surface area contributed by atoms with Crippen LogP contribution in [0.1, 0.15) is 29.5 Å². The molecule has 0 aliphatic carbocycles. The van der Waals surface area contributed by atoms with E-state index in [-0.39, 0.29) is 11.9 Å². The van der Waals surface area contributed by atoms with Crippen LogP contribution in [-0.2, 0) is 6.42 Å². The molecule has 112 valence electrons. The van der Waals surface area contributed by atoms with Crippen LogP contribution < -0.4 is 5.32 Å². The molecule has 0 spiro atoms. The molecule has 0 radical (unpaired) electrons. The number of thioether (sulfide) groups is 1. The zero-order valence-corrected chi connectivity index (χ0v) is 13.6. The predicted molar refractivity (Wildman–Crippen MR) is 87.2 cm³/mol. The molecule has 0 saturated heterocycles. The van der Waals surface area contributed by atoms with E-state index in [2.05, 4.69) is 5.32 Å². The summed E-state index contributed by atoms with van der Waals surface area (Å²) in [6, 6.07) is 9.35. The van der Waals surface area contributed by atoms with Crippen molar-refractivity contribution in [3.05, 3.63) is 52.9 Å². The van der Waals surface area contributed by atoms with E-state index in [1.54, 1.807) is 24.1 Å². The number of amides is 1. The summed E-state index contributed by atoms with van der Waals surface area (Å²) in [5, 5.41) is 3.45. The van der Waals surface area contributed by atoms with Gasteiger partial charge in [0.25, 0.3) is 5.91 Å². The van der Waals surface area contributed by atoms with Crippen LogP contribution in [0.5, 0.6) is 0 Å². The van der Waals surface area contributed by atoms with Crippen molar-refractivity contribution in [2.24, 2.45) is 0 Å². The lowest BCUT2D eigenvalue weighted by atomic mass is 10.1. The summed E-state index contributed by atoms with van der Waals surface area (Å²) in [6.45, 7) is 1.98. The lowest BCUT2D eigenvalue weighted by molar-refractivity contribution is 0.0938. The number of carbonyl (C=O) groups is 1. The molecule has 1 atom stereocenters. The highest BCUT2D eigenvalue weighted by Crippen LogP contribution is 2.23. The van der Waals surface area contributed by atoms with Crippen molar-refractivity contribution in [3.8, 4) is 0 Å². The molecule has 0 bridgehead atoms. The number of hydrogen-bond acceptors (Lipinski definition) is 3. The number of hydrogen-bond donors (Lipinski definition) is 1. The van der Waals surface area contributed by atoms with Crippen LogP contribution in [0.15, 0.2) is 45.9 Å². The maximum atomic E-state index is 12.3. The van der Waals surface area contributed by atoms with Gasteiger partial charge in [0.2, 0.25) is 0 Å². The quantitative estimate of drug-likeness (QED) is 0.801. The summed E-state index contributed by atoms with van der Waals surface area (Å²) >= 11 is 7.69. The molecule has 5 heteroatoms. The van der Waals surface area contributed by atoms with Crippen LogP contribution in [-0.4, -0.2) is 18.2 Å². The Kier molecular flexibility index (Phi) is 5.76. The van der Waals surface area contributed by atoms with Crippen LogP contribution in [0.25, 0.3) is 0 Å². The molecule has 0 aliphatic heterocycles. The first kappa shape index (κ1) is 16.0. The number of nitrogens with one attached hydrogen (secondary N) is 1. The van der Waals surface area contributed by atoms with Crippen molar-refractivity contribution in [1.82, 2.24) is 5.32 Å². The molecule has 1 aromatic carbocycles. The van der Waals surface area contributed by atoms with Gasteiger partial charge < -0.3 is 9.73 Å². The Bertz CT molecular complexity index is 598. The van der Waals surface area contributed by atoms with Crippen molar-refractivity contribution >= 4 is 29.3 Å². The molecule has 2 rings (SSSR count). The van der Waals surface area contributed by atoms with Gasteiger partial charge in [-0.25, -0.2) is 0 Å². The van der Waals surface area contributed by atoms with Crippen molar-refractivity contribution in [2.45, 2.75) is 30.7 Å². The maximum Gasteiger partial charge on any atom is 0.253 e. The second-order valence-electron chi connectivity index (χ2n) is 4.84. The molecule has 0 aliphatic rings. The van der Waals surface area contributed by atoms with E-state index < -0.39 is 0 Å². The van der Waals surface area contributed by atoms with Gasteiger partial charge in [0.1, 0.15) is 5.76 Å². The Hall–Kier alpha value is -1.39. The highest BCUT2D eigenvalue weighted by Gasteiger charge is 2.14. The fourth-order valence-electron chi connectivity index (χ4n) is 1.99. The van der Waals surface area contributed by atoms with Gasteiger partial charge in [-0.1, -0.05) is 11.6 Å². The van der Waals surface area contributed by atoms with E-state index in [1.807, 2.05) is 37.4 Å². The van der Waals surface area contributed by atoms with E-state index in [9.17, 15) is 4.79 Å². The van der Waals surface area contributed by atoms with Gasteiger partial charge in [0.05, 0.1) is 16.8 Å². The molecular weight excluding hydrogens is 306 g/mol. The first-order chi connectivity index (χ1) is 10.1. The average Bonchev–Trinajstić information content (AvgIpc) is 2.99. The molecular formula is C16H18ClNO2S. The zero-order valence-electron chi connectivity index (χ0n) is 12.1. The Morgan fingerprint density at radius 1 is 1.43 bits per heavy atom. The highest BCUT2D eigenvalue weighted by atomic mass is 35.5. The Labute approximate surface area is 134 Å². The summed E-state index contributed by atoms with van der Waals surface area (Å²) in [7, 11) is 0. The number of furan rings is 1. The summed E-state index contributed by atoms with van der Waals surface area (Å²) in [4.78, 5) is 13.3. The second kappa shape index (κ2) is 7.57. The third-order valence-electron chi connectivity index (χ3n) is 3.20. The average molecular weight is 324 g/mol.